The first-order valence-electron chi connectivity index (χ1n) is 5.88. The Labute approximate surface area is 115 Å². The first-order valence-corrected chi connectivity index (χ1v) is 6.69. The molecule has 9 heteroatoms. The minimum atomic E-state index is -0.199. The lowest BCUT2D eigenvalue weighted by Gasteiger charge is -1.97. The Bertz CT molecular complexity index is 962. The molecule has 0 atom stereocenters. The number of aromatic amines is 1. The number of nitrogens with zero attached hydrogens (tertiary/aromatic N) is 6. The van der Waals surface area contributed by atoms with Gasteiger partial charge in [0.15, 0.2) is 5.65 Å². The highest BCUT2D eigenvalue weighted by atomic mass is 32.1. The van der Waals surface area contributed by atoms with Crippen molar-refractivity contribution < 1.29 is 0 Å². The van der Waals surface area contributed by atoms with E-state index in [4.69, 9.17) is 0 Å². The van der Waals surface area contributed by atoms with Gasteiger partial charge in [-0.25, -0.2) is 10.1 Å². The van der Waals surface area contributed by atoms with Crippen molar-refractivity contribution >= 4 is 32.6 Å². The summed E-state index contributed by atoms with van der Waals surface area (Å²) >= 11 is 1.55. The summed E-state index contributed by atoms with van der Waals surface area (Å²) in [5.74, 6) is 0. The highest BCUT2D eigenvalue weighted by Gasteiger charge is 2.16. The maximum atomic E-state index is 11.8. The zero-order valence-electron chi connectivity index (χ0n) is 10.4. The monoisotopic (exact) mass is 287 g/mol. The number of hydrogen-bond acceptors (Lipinski definition) is 6. The number of thiazole rings is 1. The fourth-order valence-corrected chi connectivity index (χ4v) is 3.40. The van der Waals surface area contributed by atoms with Gasteiger partial charge < -0.3 is 9.13 Å². The summed E-state index contributed by atoms with van der Waals surface area (Å²) in [5.41, 5.74) is 1.20. The molecule has 4 aromatic rings. The molecule has 8 nitrogen and oxygen atoms in total. The van der Waals surface area contributed by atoms with Gasteiger partial charge in [0.25, 0.3) is 5.56 Å². The van der Waals surface area contributed by atoms with Gasteiger partial charge >= 0.3 is 0 Å². The zero-order valence-corrected chi connectivity index (χ0v) is 11.3. The Hall–Kier alpha value is -2.55. The fraction of sp³-hybridized carbons (Fsp3) is 0.182. The van der Waals surface area contributed by atoms with E-state index in [1.807, 2.05) is 11.6 Å². The first-order chi connectivity index (χ1) is 9.74. The lowest BCUT2D eigenvalue weighted by molar-refractivity contribution is 0.787. The minimum absolute atomic E-state index is 0.199. The SMILES string of the molecule is Cn1c2nc(Cn3cnnc3)sc2c2cn[nH]c(=O)c21. The summed E-state index contributed by atoms with van der Waals surface area (Å²) in [6.07, 6.45) is 4.96. The number of aromatic nitrogens is 7. The molecule has 0 fully saturated rings. The molecule has 0 amide bonds. The molecule has 4 rings (SSSR count). The third-order valence-corrected chi connectivity index (χ3v) is 4.23. The van der Waals surface area contributed by atoms with Crippen LogP contribution in [0.4, 0.5) is 0 Å². The van der Waals surface area contributed by atoms with Crippen LogP contribution in [0.25, 0.3) is 21.3 Å². The molecule has 4 aromatic heterocycles. The van der Waals surface area contributed by atoms with Crippen LogP contribution in [-0.2, 0) is 13.6 Å². The molecular weight excluding hydrogens is 278 g/mol. The Morgan fingerprint density at radius 1 is 1.35 bits per heavy atom. The van der Waals surface area contributed by atoms with Gasteiger partial charge in [0, 0.05) is 12.4 Å². The summed E-state index contributed by atoms with van der Waals surface area (Å²) in [4.78, 5) is 16.4. The maximum Gasteiger partial charge on any atom is 0.288 e. The molecule has 0 unspecified atom stereocenters. The largest absolute Gasteiger partial charge is 0.323 e. The molecule has 0 aliphatic rings. The molecule has 0 saturated carbocycles. The van der Waals surface area contributed by atoms with Gasteiger partial charge in [0.05, 0.1) is 17.4 Å². The number of fused-ring (bicyclic) bond motifs is 3. The van der Waals surface area contributed by atoms with E-state index in [9.17, 15) is 4.79 Å². The van der Waals surface area contributed by atoms with E-state index >= 15 is 0 Å². The van der Waals surface area contributed by atoms with Crippen molar-refractivity contribution in [3.8, 4) is 0 Å². The van der Waals surface area contributed by atoms with Gasteiger partial charge in [0.1, 0.15) is 23.2 Å². The third-order valence-electron chi connectivity index (χ3n) is 3.17. The molecule has 0 aliphatic carbocycles. The van der Waals surface area contributed by atoms with Crippen molar-refractivity contribution in [2.45, 2.75) is 6.54 Å². The number of nitrogens with one attached hydrogen (secondary N) is 1. The van der Waals surface area contributed by atoms with Crippen molar-refractivity contribution in [1.29, 1.82) is 0 Å². The highest BCUT2D eigenvalue weighted by molar-refractivity contribution is 7.19. The zero-order chi connectivity index (χ0) is 13.7. The molecule has 100 valence electrons. The summed E-state index contributed by atoms with van der Waals surface area (Å²) in [7, 11) is 1.84. The smallest absolute Gasteiger partial charge is 0.288 e. The molecule has 0 spiro atoms. The Kier molecular flexibility index (Phi) is 2.24. The second kappa shape index (κ2) is 3.97. The lowest BCUT2D eigenvalue weighted by atomic mass is 10.4. The predicted molar refractivity (Wildman–Crippen MR) is 73.6 cm³/mol. The highest BCUT2D eigenvalue weighted by Crippen LogP contribution is 2.30. The maximum absolute atomic E-state index is 11.8. The van der Waals surface area contributed by atoms with Crippen LogP contribution in [0.5, 0.6) is 0 Å². The van der Waals surface area contributed by atoms with Crippen LogP contribution in [-0.4, -0.2) is 34.5 Å². The van der Waals surface area contributed by atoms with E-state index in [1.54, 1.807) is 34.8 Å². The molecule has 1 N–H and O–H groups in total. The van der Waals surface area contributed by atoms with E-state index in [2.05, 4.69) is 25.4 Å². The topological polar surface area (TPSA) is 94.3 Å². The van der Waals surface area contributed by atoms with E-state index < -0.39 is 0 Å². The van der Waals surface area contributed by atoms with Crippen LogP contribution in [0, 0.1) is 0 Å². The number of H-pyrrole nitrogens is 1. The van der Waals surface area contributed by atoms with E-state index in [0.717, 1.165) is 20.7 Å². The predicted octanol–water partition coefficient (Wildman–Crippen LogP) is 0.511. The molecule has 0 radical (unpaired) electrons. The van der Waals surface area contributed by atoms with Gasteiger partial charge in [-0.15, -0.1) is 21.5 Å². The van der Waals surface area contributed by atoms with Gasteiger partial charge in [-0.05, 0) is 0 Å². The van der Waals surface area contributed by atoms with Crippen molar-refractivity contribution in [2.75, 3.05) is 0 Å². The molecule has 0 aliphatic heterocycles. The van der Waals surface area contributed by atoms with E-state index in [-0.39, 0.29) is 5.56 Å². The fourth-order valence-electron chi connectivity index (χ4n) is 2.28. The molecule has 0 aromatic carbocycles. The van der Waals surface area contributed by atoms with Crippen LogP contribution in [0.1, 0.15) is 5.01 Å². The van der Waals surface area contributed by atoms with E-state index in [1.165, 1.54) is 0 Å². The van der Waals surface area contributed by atoms with Crippen molar-refractivity contribution in [2.24, 2.45) is 7.05 Å². The molecule has 0 bridgehead atoms. The van der Waals surface area contributed by atoms with Crippen LogP contribution in [0.15, 0.2) is 23.6 Å². The summed E-state index contributed by atoms with van der Waals surface area (Å²) in [6.45, 7) is 0.616. The second-order valence-corrected chi connectivity index (χ2v) is 5.50. The second-order valence-electron chi connectivity index (χ2n) is 4.41. The molecule has 20 heavy (non-hydrogen) atoms. The van der Waals surface area contributed by atoms with Crippen LogP contribution < -0.4 is 5.56 Å². The summed E-state index contributed by atoms with van der Waals surface area (Å²) in [6, 6.07) is 0. The Morgan fingerprint density at radius 3 is 2.95 bits per heavy atom. The normalized spacial score (nSPS) is 11.7. The average molecular weight is 287 g/mol. The minimum Gasteiger partial charge on any atom is -0.323 e. The average Bonchev–Trinajstić information content (AvgIpc) is 3.11. The standard InChI is InChI=1S/C11H9N7OS/c1-17-8-6(2-12-16-11(8)19)9-10(17)15-7(20-9)3-18-4-13-14-5-18/h2,4-5H,3H2,1H3,(H,16,19). The number of hydrogen-bond donors (Lipinski definition) is 1. The van der Waals surface area contributed by atoms with Crippen LogP contribution in [0.2, 0.25) is 0 Å². The van der Waals surface area contributed by atoms with Crippen molar-refractivity contribution in [3.05, 3.63) is 34.2 Å². The molecular formula is C11H9N7OS. The van der Waals surface area contributed by atoms with Gasteiger partial charge in [0.2, 0.25) is 0 Å². The van der Waals surface area contributed by atoms with Crippen LogP contribution in [0.3, 0.4) is 0 Å². The van der Waals surface area contributed by atoms with Crippen molar-refractivity contribution in [3.63, 3.8) is 0 Å². The molecule has 4 heterocycles. The number of rotatable bonds is 2. The van der Waals surface area contributed by atoms with Crippen LogP contribution >= 0.6 is 11.3 Å². The lowest BCUT2D eigenvalue weighted by Crippen LogP contribution is -2.10. The quantitative estimate of drug-likeness (QED) is 0.579. The van der Waals surface area contributed by atoms with Gasteiger partial charge in [-0.1, -0.05) is 0 Å². The van der Waals surface area contributed by atoms with Gasteiger partial charge in [-0.2, -0.15) is 5.10 Å². The summed E-state index contributed by atoms with van der Waals surface area (Å²) in [5, 5.41) is 15.6. The van der Waals surface area contributed by atoms with Gasteiger partial charge in [-0.3, -0.25) is 4.79 Å². The third kappa shape index (κ3) is 1.50. The van der Waals surface area contributed by atoms with Crippen molar-refractivity contribution in [1.82, 2.24) is 34.5 Å². The first kappa shape index (κ1) is 11.3. The Morgan fingerprint density at radius 2 is 2.15 bits per heavy atom. The number of aryl methyl sites for hydroxylation is 1. The molecule has 0 saturated heterocycles. The summed E-state index contributed by atoms with van der Waals surface area (Å²) < 4.78 is 4.63. The van der Waals surface area contributed by atoms with E-state index in [0.29, 0.717) is 12.1 Å². The Balaban J connectivity index is 1.94.